The molecule has 5 heterocycles. The van der Waals surface area contributed by atoms with Crippen molar-refractivity contribution in [2.45, 2.75) is 12.1 Å². The molecule has 2 aliphatic rings. The zero-order valence-corrected chi connectivity index (χ0v) is 31.0. The van der Waals surface area contributed by atoms with E-state index in [2.05, 4.69) is 20.3 Å². The first-order chi connectivity index (χ1) is 27.2. The molecule has 57 heavy (non-hydrogen) atoms. The number of methoxy groups -OCH3 is 1. The van der Waals surface area contributed by atoms with E-state index >= 15 is 0 Å². The summed E-state index contributed by atoms with van der Waals surface area (Å²) in [6.07, 6.45) is -4.39. The normalized spacial score (nSPS) is 16.0. The number of H-pyrrole nitrogens is 2. The fourth-order valence-corrected chi connectivity index (χ4v) is 7.74. The number of benzene rings is 3. The number of carboxylic acids is 1. The number of ether oxygens (including phenoxy) is 2. The smallest absolute Gasteiger partial charge is 0.432 e. The summed E-state index contributed by atoms with van der Waals surface area (Å²) in [6.45, 7) is 1.54. The van der Waals surface area contributed by atoms with Crippen LogP contribution in [0.1, 0.15) is 48.5 Å². The van der Waals surface area contributed by atoms with Crippen LogP contribution in [0.2, 0.25) is 0 Å². The minimum atomic E-state index is -5.12. The topological polar surface area (TPSA) is 173 Å². The first-order valence-corrected chi connectivity index (χ1v) is 18.2. The molecular formula is C39H33ClF3N7O7. The molecule has 0 unspecified atom stereocenters. The van der Waals surface area contributed by atoms with Crippen molar-refractivity contribution >= 4 is 79.4 Å². The first-order valence-electron chi connectivity index (χ1n) is 17.7. The number of nitrogens with zero attached hydrogens (tertiary/aromatic N) is 4. The van der Waals surface area contributed by atoms with E-state index in [1.54, 1.807) is 42.6 Å². The number of halogens is 4. The summed E-state index contributed by atoms with van der Waals surface area (Å²) in [5, 5.41) is 14.7. The van der Waals surface area contributed by atoms with Gasteiger partial charge in [-0.05, 0) is 49.0 Å². The summed E-state index contributed by atoms with van der Waals surface area (Å²) in [7, 11) is 3.41. The third kappa shape index (κ3) is 6.71. The molecule has 14 nitrogen and oxygen atoms in total. The lowest BCUT2D eigenvalue weighted by Gasteiger charge is -2.31. The van der Waals surface area contributed by atoms with Crippen molar-refractivity contribution in [1.82, 2.24) is 24.8 Å². The van der Waals surface area contributed by atoms with Crippen molar-refractivity contribution in [3.05, 3.63) is 89.0 Å². The van der Waals surface area contributed by atoms with E-state index in [4.69, 9.17) is 21.1 Å². The predicted octanol–water partition coefficient (Wildman–Crippen LogP) is 6.90. The number of pyridine rings is 1. The lowest BCUT2D eigenvalue weighted by Crippen LogP contribution is -2.48. The number of fused-ring (bicyclic) bond motifs is 5. The number of aromatic carboxylic acids is 1. The largest absolute Gasteiger partial charge is 0.496 e. The van der Waals surface area contributed by atoms with Crippen LogP contribution in [0.5, 0.6) is 11.5 Å². The van der Waals surface area contributed by atoms with Gasteiger partial charge in [0.25, 0.3) is 11.8 Å². The summed E-state index contributed by atoms with van der Waals surface area (Å²) in [6, 6.07) is 14.8. The standard InChI is InChI=1S/C39H33ClF3N7O7/c1-48-8-10-49(11-9-48)38(55)57-29-15-27-30(31-32(37(53)54)34(39(41,42)43)47-33(29)31)21(16-40)18-50(27)36(52)26-13-20-12-22(6-7-24(20)46-26)45-35(51)25-14-23-19(17-44-25)4-3-5-28(23)56-2/h3-7,12-15,17,21,46-47H,8-11,16,18H2,1-2H3,(H,45,51)(H,53,54)/t21-/m1/s1. The predicted molar refractivity (Wildman–Crippen MR) is 205 cm³/mol. The Labute approximate surface area is 326 Å². The van der Waals surface area contributed by atoms with Gasteiger partial charge in [-0.15, -0.1) is 11.6 Å². The number of anilines is 2. The Hall–Kier alpha value is -6.33. The Balaban J connectivity index is 1.15. The van der Waals surface area contributed by atoms with Crippen molar-refractivity contribution in [2.75, 3.05) is 63.0 Å². The highest BCUT2D eigenvalue weighted by molar-refractivity contribution is 6.20. The number of alkyl halides is 4. The molecule has 0 saturated carbocycles. The summed E-state index contributed by atoms with van der Waals surface area (Å²) < 4.78 is 54.2. The van der Waals surface area contributed by atoms with E-state index in [9.17, 15) is 37.5 Å². The summed E-state index contributed by atoms with van der Waals surface area (Å²) >= 11 is 6.36. The second kappa shape index (κ2) is 14.3. The first kappa shape index (κ1) is 37.6. The third-order valence-electron chi connectivity index (χ3n) is 10.3. The summed E-state index contributed by atoms with van der Waals surface area (Å²) in [5.74, 6) is -3.72. The number of aromatic amines is 2. The van der Waals surface area contributed by atoms with E-state index < -0.39 is 47.2 Å². The molecule has 2 aliphatic heterocycles. The van der Waals surface area contributed by atoms with Gasteiger partial charge in [0.2, 0.25) is 0 Å². The highest BCUT2D eigenvalue weighted by Gasteiger charge is 2.44. The molecule has 3 amide bonds. The van der Waals surface area contributed by atoms with Crippen LogP contribution in [0.4, 0.5) is 29.3 Å². The Morgan fingerprint density at radius 1 is 1.00 bits per heavy atom. The Morgan fingerprint density at radius 3 is 2.47 bits per heavy atom. The minimum absolute atomic E-state index is 0.0423. The van der Waals surface area contributed by atoms with E-state index in [0.29, 0.717) is 53.9 Å². The number of hydrogen-bond acceptors (Lipinski definition) is 8. The number of hydrogen-bond donors (Lipinski definition) is 4. The molecule has 1 atom stereocenters. The van der Waals surface area contributed by atoms with Crippen molar-refractivity contribution in [3.63, 3.8) is 0 Å². The Morgan fingerprint density at radius 2 is 1.77 bits per heavy atom. The molecule has 3 aromatic heterocycles. The Kier molecular flexibility index (Phi) is 9.44. The maximum absolute atomic E-state index is 14.4. The molecular weight excluding hydrogens is 771 g/mol. The number of nitrogens with one attached hydrogen (secondary N) is 3. The molecule has 294 valence electrons. The monoisotopic (exact) mass is 803 g/mol. The van der Waals surface area contributed by atoms with Gasteiger partial charge in [0.1, 0.15) is 22.8 Å². The number of carboxylic acid groups (broad SMARTS) is 1. The summed E-state index contributed by atoms with van der Waals surface area (Å²) in [4.78, 5) is 67.6. The van der Waals surface area contributed by atoms with Crippen molar-refractivity contribution < 1.29 is 46.9 Å². The average molecular weight is 804 g/mol. The highest BCUT2D eigenvalue weighted by Crippen LogP contribution is 2.49. The van der Waals surface area contributed by atoms with Crippen LogP contribution in [-0.4, -0.2) is 106 Å². The van der Waals surface area contributed by atoms with E-state index in [-0.39, 0.29) is 51.7 Å². The lowest BCUT2D eigenvalue weighted by molar-refractivity contribution is -0.141. The fourth-order valence-electron chi connectivity index (χ4n) is 7.49. The molecule has 1 fully saturated rings. The maximum Gasteiger partial charge on any atom is 0.432 e. The van der Waals surface area contributed by atoms with Gasteiger partial charge in [-0.3, -0.25) is 14.6 Å². The summed E-state index contributed by atoms with van der Waals surface area (Å²) in [5.41, 5.74) is -1.66. The molecule has 0 spiro atoms. The molecule has 0 bridgehead atoms. The van der Waals surface area contributed by atoms with Crippen LogP contribution < -0.4 is 19.7 Å². The second-order valence-electron chi connectivity index (χ2n) is 13.9. The zero-order valence-electron chi connectivity index (χ0n) is 30.3. The van der Waals surface area contributed by atoms with Crippen LogP contribution in [0, 0.1) is 0 Å². The lowest BCUT2D eigenvalue weighted by atomic mass is 9.95. The Bertz CT molecular complexity index is 2630. The fraction of sp³-hybridized carbons (Fsp3) is 0.256. The molecule has 3 aromatic carbocycles. The van der Waals surface area contributed by atoms with Gasteiger partial charge in [0, 0.05) is 89.5 Å². The molecule has 6 aromatic rings. The zero-order chi connectivity index (χ0) is 40.3. The van der Waals surface area contributed by atoms with Crippen LogP contribution >= 0.6 is 11.6 Å². The molecule has 4 N–H and O–H groups in total. The van der Waals surface area contributed by atoms with Crippen LogP contribution in [-0.2, 0) is 6.18 Å². The van der Waals surface area contributed by atoms with Gasteiger partial charge in [0.05, 0.1) is 23.9 Å². The third-order valence-corrected chi connectivity index (χ3v) is 10.7. The van der Waals surface area contributed by atoms with Gasteiger partial charge < -0.3 is 44.6 Å². The van der Waals surface area contributed by atoms with Crippen LogP contribution in [0.25, 0.3) is 32.6 Å². The molecule has 1 saturated heterocycles. The maximum atomic E-state index is 14.4. The van der Waals surface area contributed by atoms with Crippen molar-refractivity contribution in [2.24, 2.45) is 0 Å². The number of amides is 3. The minimum Gasteiger partial charge on any atom is -0.496 e. The number of likely N-dealkylation sites (N-methyl/N-ethyl adjacent to an activating group) is 1. The van der Waals surface area contributed by atoms with Gasteiger partial charge in [-0.1, -0.05) is 12.1 Å². The number of piperazine rings is 1. The number of carbonyl (C=O) groups excluding carboxylic acids is 3. The van der Waals surface area contributed by atoms with Gasteiger partial charge in [-0.25, -0.2) is 9.59 Å². The van der Waals surface area contributed by atoms with Gasteiger partial charge in [-0.2, -0.15) is 13.2 Å². The molecule has 18 heteroatoms. The number of carbonyl (C=O) groups is 4. The number of rotatable bonds is 7. The van der Waals surface area contributed by atoms with Crippen molar-refractivity contribution in [3.8, 4) is 11.5 Å². The number of aromatic nitrogens is 3. The van der Waals surface area contributed by atoms with Crippen LogP contribution in [0.15, 0.2) is 60.8 Å². The van der Waals surface area contributed by atoms with E-state index in [1.165, 1.54) is 23.0 Å². The van der Waals surface area contributed by atoms with E-state index in [1.807, 2.05) is 24.1 Å². The quantitative estimate of drug-likeness (QED) is 0.125. The van der Waals surface area contributed by atoms with Crippen LogP contribution in [0.3, 0.4) is 0 Å². The van der Waals surface area contributed by atoms with E-state index in [0.717, 1.165) is 5.39 Å². The van der Waals surface area contributed by atoms with Gasteiger partial charge in [0.15, 0.2) is 5.75 Å². The second-order valence-corrected chi connectivity index (χ2v) is 14.2. The van der Waals surface area contributed by atoms with Crippen molar-refractivity contribution in [1.29, 1.82) is 0 Å². The SMILES string of the molecule is COc1cccc2cnc(C(=O)Nc3ccc4[nH]c(C(=O)N5C[C@@H](CCl)c6c5cc(OC(=O)N5CCN(C)CC5)c5[nH]c(C(F)(F)F)c(C(=O)O)c65)cc4c3)cc12. The highest BCUT2D eigenvalue weighted by atomic mass is 35.5. The molecule has 0 aliphatic carbocycles. The van der Waals surface area contributed by atoms with Gasteiger partial charge >= 0.3 is 18.2 Å². The molecule has 8 rings (SSSR count). The molecule has 0 radical (unpaired) electrons. The average Bonchev–Trinajstić information content (AvgIpc) is 3.91.